The van der Waals surface area contributed by atoms with Crippen molar-refractivity contribution in [3.63, 3.8) is 0 Å². The van der Waals surface area contributed by atoms with E-state index >= 15 is 0 Å². The van der Waals surface area contributed by atoms with Crippen molar-refractivity contribution >= 4 is 28.2 Å². The van der Waals surface area contributed by atoms with E-state index in [-0.39, 0.29) is 18.4 Å². The maximum Gasteiger partial charge on any atom is 0.341 e. The molecule has 5 heteroatoms. The Kier molecular flexibility index (Phi) is 6.26. The molecule has 0 aliphatic carbocycles. The third kappa shape index (κ3) is 4.49. The van der Waals surface area contributed by atoms with Gasteiger partial charge in [0.15, 0.2) is 0 Å². The number of esters is 1. The number of carbonyl (C=O) groups excluding carboxylic acids is 2. The van der Waals surface area contributed by atoms with Gasteiger partial charge in [0.2, 0.25) is 0 Å². The summed E-state index contributed by atoms with van der Waals surface area (Å²) in [5.41, 5.74) is 3.17. The van der Waals surface area contributed by atoms with Gasteiger partial charge in [0.1, 0.15) is 5.00 Å². The molecule has 0 saturated carbocycles. The van der Waals surface area contributed by atoms with Crippen LogP contribution in [0, 0.1) is 6.92 Å². The molecule has 0 bridgehead atoms. The summed E-state index contributed by atoms with van der Waals surface area (Å²) in [6.45, 7) is 6.10. The van der Waals surface area contributed by atoms with Gasteiger partial charge in [-0.25, -0.2) is 4.79 Å². The zero-order valence-corrected chi connectivity index (χ0v) is 17.0. The molecule has 3 aromatic rings. The molecule has 0 spiro atoms. The van der Waals surface area contributed by atoms with Crippen molar-refractivity contribution in [3.8, 4) is 0 Å². The molecule has 0 aliphatic rings. The Morgan fingerprint density at radius 3 is 2.39 bits per heavy atom. The van der Waals surface area contributed by atoms with E-state index in [1.165, 1.54) is 11.3 Å². The third-order valence-corrected chi connectivity index (χ3v) is 5.75. The van der Waals surface area contributed by atoms with Crippen LogP contribution in [0.25, 0.3) is 0 Å². The number of rotatable bonds is 6. The average molecular weight is 394 g/mol. The lowest BCUT2D eigenvalue weighted by molar-refractivity contribution is 0.0528. The molecule has 28 heavy (non-hydrogen) atoms. The first-order valence-electron chi connectivity index (χ1n) is 9.23. The number of benzene rings is 2. The zero-order chi connectivity index (χ0) is 20.1. The zero-order valence-electron chi connectivity index (χ0n) is 16.2. The van der Waals surface area contributed by atoms with Gasteiger partial charge in [-0.3, -0.25) is 4.79 Å². The fourth-order valence-electron chi connectivity index (χ4n) is 2.86. The fourth-order valence-corrected chi connectivity index (χ4v) is 3.98. The molecule has 1 heterocycles. The summed E-state index contributed by atoms with van der Waals surface area (Å²) in [5, 5.41) is 3.41. The molecule has 1 amide bonds. The van der Waals surface area contributed by atoms with E-state index in [0.717, 1.165) is 16.0 Å². The van der Waals surface area contributed by atoms with Gasteiger partial charge >= 0.3 is 5.97 Å². The second kappa shape index (κ2) is 8.85. The van der Waals surface area contributed by atoms with Gasteiger partial charge in [0.05, 0.1) is 12.2 Å². The number of anilines is 1. The van der Waals surface area contributed by atoms with Crippen LogP contribution in [-0.2, 0) is 4.74 Å². The minimum atomic E-state index is -0.426. The van der Waals surface area contributed by atoms with E-state index in [1.54, 1.807) is 19.1 Å². The lowest BCUT2D eigenvalue weighted by Crippen LogP contribution is -2.14. The lowest BCUT2D eigenvalue weighted by Gasteiger charge is -2.09. The first-order chi connectivity index (χ1) is 13.5. The molecular weight excluding hydrogens is 370 g/mol. The summed E-state index contributed by atoms with van der Waals surface area (Å²) >= 11 is 1.41. The van der Waals surface area contributed by atoms with Crippen LogP contribution in [0.5, 0.6) is 0 Å². The minimum absolute atomic E-state index is 0.101. The summed E-state index contributed by atoms with van der Waals surface area (Å²) in [7, 11) is 0. The smallest absolute Gasteiger partial charge is 0.341 e. The highest BCUT2D eigenvalue weighted by Crippen LogP contribution is 2.36. The second-order valence-corrected chi connectivity index (χ2v) is 7.65. The molecule has 0 unspecified atom stereocenters. The molecular formula is C23H23NO3S. The van der Waals surface area contributed by atoms with Crippen LogP contribution in [0.1, 0.15) is 56.5 Å². The maximum atomic E-state index is 12.7. The maximum absolute atomic E-state index is 12.7. The van der Waals surface area contributed by atoms with Gasteiger partial charge < -0.3 is 10.1 Å². The Bertz CT molecular complexity index is 961. The highest BCUT2D eigenvalue weighted by molar-refractivity contribution is 7.16. The Morgan fingerprint density at radius 2 is 1.75 bits per heavy atom. The van der Waals surface area contributed by atoms with Crippen molar-refractivity contribution in [1.82, 2.24) is 0 Å². The molecule has 1 aromatic heterocycles. The van der Waals surface area contributed by atoms with E-state index in [9.17, 15) is 9.59 Å². The Morgan fingerprint density at radius 1 is 1.07 bits per heavy atom. The van der Waals surface area contributed by atoms with E-state index in [4.69, 9.17) is 4.74 Å². The van der Waals surface area contributed by atoms with Crippen molar-refractivity contribution in [2.45, 2.75) is 26.7 Å². The molecule has 0 fully saturated rings. The fraction of sp³-hybridized carbons (Fsp3) is 0.217. The molecule has 1 atom stereocenters. The number of amides is 1. The van der Waals surface area contributed by atoms with Crippen LogP contribution in [0.4, 0.5) is 5.00 Å². The molecule has 4 nitrogen and oxygen atoms in total. The van der Waals surface area contributed by atoms with E-state index < -0.39 is 5.97 Å². The first-order valence-corrected chi connectivity index (χ1v) is 10.0. The van der Waals surface area contributed by atoms with Crippen molar-refractivity contribution < 1.29 is 14.3 Å². The van der Waals surface area contributed by atoms with Crippen molar-refractivity contribution in [2.24, 2.45) is 0 Å². The van der Waals surface area contributed by atoms with Gasteiger partial charge in [-0.05, 0) is 37.6 Å². The molecule has 3 rings (SSSR count). The Labute approximate surface area is 169 Å². The standard InChI is InChI=1S/C23H23NO3S/c1-4-27-23(26)19-14-20(16(3)17-8-6-5-7-9-17)28-22(19)24-21(25)18-12-10-15(2)11-13-18/h5-14,16H,4H2,1-3H3,(H,24,25)/t16-/m1/s1. The summed E-state index contributed by atoms with van der Waals surface area (Å²) in [4.78, 5) is 26.1. The van der Waals surface area contributed by atoms with Gasteiger partial charge in [-0.2, -0.15) is 0 Å². The normalized spacial score (nSPS) is 11.7. The van der Waals surface area contributed by atoms with Crippen LogP contribution in [-0.4, -0.2) is 18.5 Å². The van der Waals surface area contributed by atoms with Crippen LogP contribution in [0.2, 0.25) is 0 Å². The van der Waals surface area contributed by atoms with Crippen molar-refractivity contribution in [3.05, 3.63) is 87.8 Å². The van der Waals surface area contributed by atoms with Gasteiger partial charge in [-0.15, -0.1) is 11.3 Å². The van der Waals surface area contributed by atoms with Gasteiger partial charge in [0, 0.05) is 16.4 Å². The van der Waals surface area contributed by atoms with Crippen LogP contribution < -0.4 is 5.32 Å². The number of thiophene rings is 1. The molecule has 2 aromatic carbocycles. The number of nitrogens with one attached hydrogen (secondary N) is 1. The van der Waals surface area contributed by atoms with Crippen molar-refractivity contribution in [2.75, 3.05) is 11.9 Å². The van der Waals surface area contributed by atoms with E-state index in [1.807, 2.05) is 43.3 Å². The van der Waals surface area contributed by atoms with E-state index in [0.29, 0.717) is 16.1 Å². The number of ether oxygens (including phenoxy) is 1. The summed E-state index contributed by atoms with van der Waals surface area (Å²) in [6, 6.07) is 19.2. The number of aryl methyl sites for hydroxylation is 1. The molecule has 1 N–H and O–H groups in total. The SMILES string of the molecule is CCOC(=O)c1cc([C@H](C)c2ccccc2)sc1NC(=O)c1ccc(C)cc1. The van der Waals surface area contributed by atoms with Gasteiger partial charge in [0.25, 0.3) is 5.91 Å². The molecule has 0 aliphatic heterocycles. The topological polar surface area (TPSA) is 55.4 Å². The Hall–Kier alpha value is -2.92. The van der Waals surface area contributed by atoms with E-state index in [2.05, 4.69) is 24.4 Å². The number of carbonyl (C=O) groups is 2. The Balaban J connectivity index is 1.92. The largest absolute Gasteiger partial charge is 0.462 e. The van der Waals surface area contributed by atoms with Crippen LogP contribution >= 0.6 is 11.3 Å². The van der Waals surface area contributed by atoms with Crippen molar-refractivity contribution in [1.29, 1.82) is 0 Å². The predicted octanol–water partition coefficient (Wildman–Crippen LogP) is 5.64. The summed E-state index contributed by atoms with van der Waals surface area (Å²) in [5.74, 6) is -0.569. The third-order valence-electron chi connectivity index (χ3n) is 4.51. The highest BCUT2D eigenvalue weighted by atomic mass is 32.1. The second-order valence-electron chi connectivity index (χ2n) is 6.56. The first kappa shape index (κ1) is 19.8. The molecule has 144 valence electrons. The molecule has 0 saturated heterocycles. The summed E-state index contributed by atoms with van der Waals surface area (Å²) < 4.78 is 5.19. The van der Waals surface area contributed by atoms with Crippen LogP contribution in [0.15, 0.2) is 60.7 Å². The predicted molar refractivity (Wildman–Crippen MR) is 113 cm³/mol. The number of hydrogen-bond donors (Lipinski definition) is 1. The quantitative estimate of drug-likeness (QED) is 0.552. The summed E-state index contributed by atoms with van der Waals surface area (Å²) in [6.07, 6.45) is 0. The lowest BCUT2D eigenvalue weighted by atomic mass is 9.99. The highest BCUT2D eigenvalue weighted by Gasteiger charge is 2.22. The number of hydrogen-bond acceptors (Lipinski definition) is 4. The monoisotopic (exact) mass is 393 g/mol. The average Bonchev–Trinajstić information content (AvgIpc) is 3.12. The van der Waals surface area contributed by atoms with Crippen LogP contribution in [0.3, 0.4) is 0 Å². The van der Waals surface area contributed by atoms with Gasteiger partial charge in [-0.1, -0.05) is 55.0 Å². The molecule has 0 radical (unpaired) electrons. The minimum Gasteiger partial charge on any atom is -0.462 e.